The molecule has 1 saturated heterocycles. The van der Waals surface area contributed by atoms with Gasteiger partial charge in [0.25, 0.3) is 0 Å². The van der Waals surface area contributed by atoms with Crippen LogP contribution in [0.15, 0.2) is 30.3 Å². The summed E-state index contributed by atoms with van der Waals surface area (Å²) in [7, 11) is 2.23. The second-order valence-corrected chi connectivity index (χ2v) is 10.2. The minimum Gasteiger partial charge on any atom is -0.479 e. The minimum atomic E-state index is -2.14. The van der Waals surface area contributed by atoms with E-state index in [4.69, 9.17) is 21.4 Å². The van der Waals surface area contributed by atoms with E-state index in [0.29, 0.717) is 10.9 Å². The Bertz CT molecular complexity index is 1160. The van der Waals surface area contributed by atoms with E-state index >= 15 is 0 Å². The van der Waals surface area contributed by atoms with E-state index in [1.165, 1.54) is 6.92 Å². The van der Waals surface area contributed by atoms with Gasteiger partial charge in [0.15, 0.2) is 7.52 Å². The fourth-order valence-corrected chi connectivity index (χ4v) is 4.84. The molecule has 8 atom stereocenters. The van der Waals surface area contributed by atoms with E-state index in [1.807, 2.05) is 0 Å². The predicted octanol–water partition coefficient (Wildman–Crippen LogP) is -1.59. The van der Waals surface area contributed by atoms with Crippen molar-refractivity contribution in [3.05, 3.63) is 35.9 Å². The smallest absolute Gasteiger partial charge is 0.332 e. The van der Waals surface area contributed by atoms with Crippen LogP contribution in [0.5, 0.6) is 0 Å². The maximum absolute atomic E-state index is 14.3. The molecular weight excluding hydrogens is 570 g/mol. The first-order valence-electron chi connectivity index (χ1n) is 14.0. The number of aliphatic hydroxyl groups is 2. The van der Waals surface area contributed by atoms with Crippen LogP contribution in [0, 0.1) is 0 Å². The molecule has 1 fully saturated rings. The van der Waals surface area contributed by atoms with Crippen molar-refractivity contribution in [2.75, 3.05) is 20.8 Å². The van der Waals surface area contributed by atoms with Gasteiger partial charge in [-0.15, -0.1) is 0 Å². The van der Waals surface area contributed by atoms with Crippen molar-refractivity contribution in [3.63, 3.8) is 0 Å². The third kappa shape index (κ3) is 9.69. The molecule has 0 radical (unpaired) electrons. The monoisotopic (exact) mass is 612 g/mol. The normalized spacial score (nSPS) is 24.8. The molecule has 7 N–H and O–H groups in total. The maximum atomic E-state index is 14.3. The number of ether oxygens (including phenoxy) is 4. The summed E-state index contributed by atoms with van der Waals surface area (Å²) < 4.78 is 29.6. The van der Waals surface area contributed by atoms with Crippen molar-refractivity contribution in [2.45, 2.75) is 87.7 Å². The molecule has 0 saturated carbocycles. The molecular formula is C28H41N3O12. The van der Waals surface area contributed by atoms with Crippen LogP contribution in [0.3, 0.4) is 0 Å². The molecule has 43 heavy (non-hydrogen) atoms. The molecule has 0 spiro atoms. The maximum Gasteiger partial charge on any atom is 0.332 e. The van der Waals surface area contributed by atoms with Gasteiger partial charge < -0.3 is 50.6 Å². The zero-order valence-electron chi connectivity index (χ0n) is 25.5. The summed E-state index contributed by atoms with van der Waals surface area (Å²) in [6.45, 7) is 1.53. The lowest BCUT2D eigenvalue weighted by atomic mass is 9.79. The van der Waals surface area contributed by atoms with Crippen molar-refractivity contribution < 1.29 is 59.7 Å². The molecule has 1 aromatic carbocycles. The fraction of sp³-hybridized carbons (Fsp3) is 0.607. The lowest BCUT2D eigenvalue weighted by molar-refractivity contribution is -0.218. The van der Waals surface area contributed by atoms with Crippen molar-refractivity contribution >= 4 is 29.7 Å². The molecule has 0 bridgehead atoms. The number of carboxylic acid groups (broad SMARTS) is 1. The molecule has 15 heteroatoms. The highest BCUT2D eigenvalue weighted by Crippen LogP contribution is 2.31. The number of aliphatic carboxylic acids is 1. The van der Waals surface area contributed by atoms with E-state index < -0.39 is 90.9 Å². The number of benzene rings is 1. The largest absolute Gasteiger partial charge is 0.479 e. The number of carboxylic acids is 1. The minimum absolute atomic E-state index is 0.230. The number of hydrogen-bond donors (Lipinski definition) is 6. The summed E-state index contributed by atoms with van der Waals surface area (Å²) in [6.07, 6.45) is -8.31. The Morgan fingerprint density at radius 2 is 1.79 bits per heavy atom. The number of methoxy groups -OCH3 is 2. The van der Waals surface area contributed by atoms with Crippen LogP contribution in [0.2, 0.25) is 1.41 Å². The number of carbonyl (C=O) groups is 5. The van der Waals surface area contributed by atoms with Crippen molar-refractivity contribution in [2.24, 2.45) is 5.73 Å². The van der Waals surface area contributed by atoms with Gasteiger partial charge in [-0.05, 0) is 18.9 Å². The van der Waals surface area contributed by atoms with Gasteiger partial charge in [-0.1, -0.05) is 30.3 Å². The van der Waals surface area contributed by atoms with E-state index in [9.17, 15) is 39.3 Å². The van der Waals surface area contributed by atoms with E-state index in [0.717, 1.165) is 21.1 Å². The molecule has 0 aliphatic carbocycles. The third-order valence-electron chi connectivity index (χ3n) is 7.09. The second-order valence-electron chi connectivity index (χ2n) is 10.2. The summed E-state index contributed by atoms with van der Waals surface area (Å²) in [5.74, 6) is -4.77. The Labute approximate surface area is 250 Å². The molecule has 15 nitrogen and oxygen atoms in total. The molecule has 1 unspecified atom stereocenters. The Kier molecular flexibility index (Phi) is 12.8. The SMILES string of the molecule is [2H]N(C(C)=O)[C@@](Cc1ccccc1)(CC1O[C@H](CO)[C@@H](O)[C@H](O[C@H](C)C(=O)O)[C@H]1N)C(=O)N[C@@H](CCC(=O)OC)C(=O)OC. The van der Waals surface area contributed by atoms with Gasteiger partial charge in [-0.3, -0.25) is 14.4 Å². The Balaban J connectivity index is 2.64. The number of rotatable bonds is 15. The van der Waals surface area contributed by atoms with Gasteiger partial charge in [-0.2, -0.15) is 0 Å². The van der Waals surface area contributed by atoms with Gasteiger partial charge in [0.1, 0.15) is 29.9 Å². The van der Waals surface area contributed by atoms with E-state index in [1.54, 1.807) is 30.3 Å². The number of nitrogens with one attached hydrogen (secondary N) is 2. The molecule has 0 aromatic heterocycles. The molecule has 240 valence electrons. The quantitative estimate of drug-likeness (QED) is 0.123. The molecule has 1 aliphatic heterocycles. The zero-order valence-corrected chi connectivity index (χ0v) is 24.5. The van der Waals surface area contributed by atoms with E-state index in [2.05, 4.69) is 10.1 Å². The number of hydrogen-bond acceptors (Lipinski definition) is 12. The van der Waals surface area contributed by atoms with Crippen LogP contribution < -0.4 is 16.4 Å². The topological polar surface area (TPSA) is 233 Å². The average Bonchev–Trinajstić information content (AvgIpc) is 3.01. The van der Waals surface area contributed by atoms with Gasteiger partial charge in [0, 0.05) is 26.2 Å². The molecule has 1 aliphatic rings. The number of esters is 2. The first kappa shape index (κ1) is 33.9. The summed E-state index contributed by atoms with van der Waals surface area (Å²) in [6, 6.07) is 5.66. The Hall–Kier alpha value is -3.63. The third-order valence-corrected chi connectivity index (χ3v) is 7.09. The second kappa shape index (κ2) is 16.3. The van der Waals surface area contributed by atoms with Gasteiger partial charge in [0.2, 0.25) is 11.8 Å². The summed E-state index contributed by atoms with van der Waals surface area (Å²) >= 11 is 0. The summed E-state index contributed by atoms with van der Waals surface area (Å²) in [5.41, 5.74) is 4.78. The van der Waals surface area contributed by atoms with Crippen LogP contribution in [0.4, 0.5) is 0 Å². The van der Waals surface area contributed by atoms with Gasteiger partial charge in [-0.25, -0.2) is 9.59 Å². The highest BCUT2D eigenvalue weighted by molar-refractivity contribution is 5.94. The first-order chi connectivity index (χ1) is 20.7. The number of carbonyl (C=O) groups excluding carboxylic acids is 4. The standard InChI is InChI=1S/C28H41N3O12/c1-15(25(36)37)42-24-22(29)19(43-20(14-32)23(24)35)13-28(31-16(2)33,12-17-8-6-5-7-9-17)27(39)30-18(26(38)41-4)10-11-21(34)40-3/h5-9,15,18-20,22-24,32,35H,10-14,29H2,1-4H3,(H,30,39)(H,31,33)(H,36,37)/t15-,18+,19?,20-,22+,23-,24-,28+/m1/s1/i/hD. The van der Waals surface area contributed by atoms with Crippen LogP contribution in [0.1, 0.15) is 38.7 Å². The molecule has 2 amide bonds. The average molecular weight is 613 g/mol. The number of nitrogens with two attached hydrogens (primary N) is 1. The predicted molar refractivity (Wildman–Crippen MR) is 148 cm³/mol. The highest BCUT2D eigenvalue weighted by Gasteiger charge is 2.51. The number of amides is 2. The Morgan fingerprint density at radius 3 is 2.33 bits per heavy atom. The summed E-state index contributed by atoms with van der Waals surface area (Å²) in [4.78, 5) is 62.9. The van der Waals surface area contributed by atoms with Crippen molar-refractivity contribution in [1.82, 2.24) is 10.6 Å². The van der Waals surface area contributed by atoms with Crippen LogP contribution >= 0.6 is 0 Å². The fourth-order valence-electron chi connectivity index (χ4n) is 4.84. The van der Waals surface area contributed by atoms with Crippen molar-refractivity contribution in [1.29, 1.82) is 0 Å². The van der Waals surface area contributed by atoms with Crippen LogP contribution in [0.25, 0.3) is 0 Å². The molecule has 1 heterocycles. The van der Waals surface area contributed by atoms with E-state index in [-0.39, 0.29) is 19.3 Å². The Morgan fingerprint density at radius 1 is 1.14 bits per heavy atom. The molecule has 1 aromatic rings. The lowest BCUT2D eigenvalue weighted by Gasteiger charge is -2.46. The number of aliphatic hydroxyl groups excluding tert-OH is 2. The van der Waals surface area contributed by atoms with Gasteiger partial charge in [0.05, 0.1) is 33.0 Å². The van der Waals surface area contributed by atoms with Gasteiger partial charge >= 0.3 is 17.9 Å². The van der Waals surface area contributed by atoms with Crippen LogP contribution in [-0.4, -0.2) is 114 Å². The first-order valence-corrected chi connectivity index (χ1v) is 13.6. The lowest BCUT2D eigenvalue weighted by Crippen LogP contribution is -2.68. The molecule has 2 rings (SSSR count). The highest BCUT2D eigenvalue weighted by atomic mass is 16.6. The zero-order chi connectivity index (χ0) is 33.2. The van der Waals surface area contributed by atoms with Crippen molar-refractivity contribution in [3.8, 4) is 0 Å². The summed E-state index contributed by atoms with van der Waals surface area (Å²) in [5, 5.41) is 33.0. The van der Waals surface area contributed by atoms with Crippen LogP contribution in [-0.2, 0) is 49.3 Å².